The molecule has 0 saturated heterocycles. The third-order valence-electron chi connectivity index (χ3n) is 3.02. The zero-order valence-corrected chi connectivity index (χ0v) is 26.8. The van der Waals surface area contributed by atoms with Crippen molar-refractivity contribution in [3.63, 3.8) is 0 Å². The summed E-state index contributed by atoms with van der Waals surface area (Å²) in [5.74, 6) is 1.11. The van der Waals surface area contributed by atoms with E-state index in [1.165, 1.54) is 0 Å². The van der Waals surface area contributed by atoms with Gasteiger partial charge in [0, 0.05) is 0 Å². The molecule has 0 aliphatic rings. The molecule has 0 aromatic heterocycles. The van der Waals surface area contributed by atoms with Crippen LogP contribution in [0, 0.1) is 12.8 Å². The number of aryl methyl sites for hydroxylation is 1. The fourth-order valence-electron chi connectivity index (χ4n) is 2.03. The predicted molar refractivity (Wildman–Crippen MR) is 102 cm³/mol. The minimum Gasteiger partial charge on any atom is 0.235 e. The van der Waals surface area contributed by atoms with Gasteiger partial charge in [-0.2, -0.15) is 0 Å². The van der Waals surface area contributed by atoms with E-state index in [1.807, 2.05) is 19.1 Å². The smallest absolute Gasteiger partial charge is 0.235 e. The second-order valence-electron chi connectivity index (χ2n) is 6.64. The Morgan fingerprint density at radius 3 is 1.48 bits per heavy atom. The average molecular weight is 904 g/mol. The van der Waals surface area contributed by atoms with Crippen LogP contribution in [-0.2, 0) is 9.44 Å². The SMILES string of the molecule is Cc1ccc([O][Sb](=[O])([O-])[O]c2ccc(CC(C)C)cc2)cc1.[F][Sb-]([F])([F])([F])([F])[F].[IH2+].[IH2+]. The standard InChI is InChI=1S/C10H14O.C7H8O.6FH.2H2I.2O.2Sb/c1-8(2)7-9-3-5-10(11)6-4-9;1-6-2-4-7(8)5-3-6;;;;;;;;;;;;/h3-6,8,11H,7H2,1-2H3;2-5,8H,1H3;6*1H;2*1H2;;;;/q;;;;;;;;2*+1;;-1;+2;+5/p-8. The Morgan fingerprint density at radius 1 is 0.839 bits per heavy atom. The zero-order valence-electron chi connectivity index (χ0n) is 16.6. The molecule has 2 aromatic rings. The van der Waals surface area contributed by atoms with Gasteiger partial charge < -0.3 is 0 Å². The molecule has 0 aliphatic heterocycles. The van der Waals surface area contributed by atoms with Crippen LogP contribution in [0.1, 0.15) is 25.0 Å². The van der Waals surface area contributed by atoms with E-state index in [0.29, 0.717) is 5.92 Å². The van der Waals surface area contributed by atoms with Crippen LogP contribution < -0.4 is 57.4 Å². The molecule has 4 nitrogen and oxygen atoms in total. The molecule has 0 amide bonds. The van der Waals surface area contributed by atoms with Crippen LogP contribution in [-0.4, -0.2) is 39.5 Å². The van der Waals surface area contributed by atoms with Gasteiger partial charge in [-0.1, -0.05) is 0 Å². The number of rotatable bonds is 6. The Kier molecular flexibility index (Phi) is 12.8. The second kappa shape index (κ2) is 11.7. The van der Waals surface area contributed by atoms with Crippen molar-refractivity contribution in [1.82, 2.24) is 0 Å². The first kappa shape index (κ1) is 33.6. The van der Waals surface area contributed by atoms with E-state index in [1.54, 1.807) is 36.4 Å². The second-order valence-corrected chi connectivity index (χ2v) is 15.7. The molecule has 0 saturated carbocycles. The number of hydrogen-bond donors (Lipinski definition) is 0. The minimum absolute atomic E-state index is 0. The summed E-state index contributed by atoms with van der Waals surface area (Å²) in [7, 11) is 0. The van der Waals surface area contributed by atoms with Crippen LogP contribution >= 0.6 is 0 Å². The topological polar surface area (TPSA) is 58.6 Å². The van der Waals surface area contributed by atoms with Crippen LogP contribution in [0.15, 0.2) is 48.5 Å². The van der Waals surface area contributed by atoms with Gasteiger partial charge in [0.15, 0.2) is 0 Å². The van der Waals surface area contributed by atoms with Gasteiger partial charge in [-0.3, -0.25) is 0 Å². The third-order valence-corrected chi connectivity index (χ3v) is 5.50. The van der Waals surface area contributed by atoms with Gasteiger partial charge in [0.05, 0.1) is 0 Å². The summed E-state index contributed by atoms with van der Waals surface area (Å²) in [6.07, 6.45) is 0.947. The molecule has 0 fully saturated rings. The molecule has 0 radical (unpaired) electrons. The summed E-state index contributed by atoms with van der Waals surface area (Å²) in [4.78, 5) is 0. The van der Waals surface area contributed by atoms with Crippen LogP contribution in [0.5, 0.6) is 11.5 Å². The van der Waals surface area contributed by atoms with Crippen molar-refractivity contribution in [2.24, 2.45) is 5.92 Å². The van der Waals surface area contributed by atoms with E-state index >= 15 is 0 Å². The maximum atomic E-state index is 12.0. The van der Waals surface area contributed by atoms with Crippen LogP contribution in [0.4, 0.5) is 16.9 Å². The molecule has 2 rings (SSSR count). The van der Waals surface area contributed by atoms with Crippen molar-refractivity contribution in [1.29, 1.82) is 0 Å². The largest absolute Gasteiger partial charge is 0.235 e. The fraction of sp³-hybridized carbons (Fsp3) is 0.294. The Bertz CT molecular complexity index is 850. The molecule has 1 unspecified atom stereocenters. The Hall–Kier alpha value is 0.476. The van der Waals surface area contributed by atoms with E-state index in [2.05, 4.69) is 13.8 Å². The molecule has 2 aromatic carbocycles. The molecular formula is C17H24F6I2O4Sb2. The van der Waals surface area contributed by atoms with Crippen LogP contribution in [0.3, 0.4) is 0 Å². The van der Waals surface area contributed by atoms with E-state index in [0.717, 1.165) is 17.5 Å². The van der Waals surface area contributed by atoms with Crippen molar-refractivity contribution in [2.45, 2.75) is 27.2 Å². The maximum absolute atomic E-state index is 12.0. The quantitative estimate of drug-likeness (QED) is 0.191. The molecule has 0 spiro atoms. The van der Waals surface area contributed by atoms with Gasteiger partial charge in [-0.25, -0.2) is 0 Å². The van der Waals surface area contributed by atoms with Crippen molar-refractivity contribution in [2.75, 3.05) is 0 Å². The summed E-state index contributed by atoms with van der Waals surface area (Å²) in [5, 5.41) is 0. The van der Waals surface area contributed by atoms with E-state index in [9.17, 15) is 23.3 Å². The van der Waals surface area contributed by atoms with Crippen molar-refractivity contribution >= 4 is 39.5 Å². The van der Waals surface area contributed by atoms with E-state index in [-0.39, 0.29) is 59.5 Å². The average Bonchev–Trinajstić information content (AvgIpc) is 2.47. The van der Waals surface area contributed by atoms with Gasteiger partial charge in [-0.05, 0) is 0 Å². The van der Waals surface area contributed by atoms with Crippen molar-refractivity contribution in [3.05, 3.63) is 59.7 Å². The summed E-state index contributed by atoms with van der Waals surface area (Å²) in [5.41, 5.74) is 2.18. The molecule has 1 atom stereocenters. The van der Waals surface area contributed by atoms with E-state index in [4.69, 9.17) is 6.03 Å². The summed E-state index contributed by atoms with van der Waals surface area (Å²) < 4.78 is 93.6. The number of halogens is 8. The molecule has 0 bridgehead atoms. The first-order valence-corrected chi connectivity index (χ1v) is 18.2. The van der Waals surface area contributed by atoms with E-state index < -0.39 is 39.5 Å². The Labute approximate surface area is 218 Å². The monoisotopic (exact) mass is 902 g/mol. The molecule has 0 heterocycles. The van der Waals surface area contributed by atoms with Crippen LogP contribution in [0.2, 0.25) is 0 Å². The predicted octanol–water partition coefficient (Wildman–Crippen LogP) is -2.04. The van der Waals surface area contributed by atoms with Gasteiger partial charge >= 0.3 is 173 Å². The third kappa shape index (κ3) is 20.8. The Balaban J connectivity index is 0. The zero-order chi connectivity index (χ0) is 22.6. The summed E-state index contributed by atoms with van der Waals surface area (Å²) in [6.45, 7) is 6.19. The molecule has 182 valence electrons. The molecule has 0 aliphatic carbocycles. The normalized spacial score (nSPS) is 14.9. The fourth-order valence-corrected chi connectivity index (χ4v) is 4.31. The van der Waals surface area contributed by atoms with Crippen molar-refractivity contribution < 1.29 is 77.3 Å². The first-order valence-electron chi connectivity index (χ1n) is 8.21. The summed E-state index contributed by atoms with van der Waals surface area (Å²) >= 11 is -16.7. The minimum atomic E-state index is -11.2. The maximum Gasteiger partial charge on any atom is 0.235 e. The van der Waals surface area contributed by atoms with Gasteiger partial charge in [0.1, 0.15) is 0 Å². The van der Waals surface area contributed by atoms with Crippen molar-refractivity contribution in [3.8, 4) is 11.5 Å². The molecule has 0 N–H and O–H groups in total. The van der Waals surface area contributed by atoms with Gasteiger partial charge in [0.25, 0.3) is 0 Å². The first-order chi connectivity index (χ1) is 12.8. The number of benzene rings is 2. The summed E-state index contributed by atoms with van der Waals surface area (Å²) in [6, 6.07) is 13.9. The molecular weight excluding hydrogens is 879 g/mol. The van der Waals surface area contributed by atoms with Crippen LogP contribution in [0.25, 0.3) is 0 Å². The molecule has 14 heteroatoms. The number of hydrogen-bond acceptors (Lipinski definition) is 4. The Morgan fingerprint density at radius 2 is 1.16 bits per heavy atom. The van der Waals surface area contributed by atoms with Gasteiger partial charge in [0.2, 0.25) is 48.0 Å². The van der Waals surface area contributed by atoms with Gasteiger partial charge in [-0.15, -0.1) is 0 Å². The molecule has 31 heavy (non-hydrogen) atoms.